The minimum absolute atomic E-state index is 0.175. The van der Waals surface area contributed by atoms with Crippen LogP contribution in [0.2, 0.25) is 0 Å². The summed E-state index contributed by atoms with van der Waals surface area (Å²) < 4.78 is 13.5. The molecule has 0 fully saturated rings. The number of rotatable bonds is 0. The van der Waals surface area contributed by atoms with Crippen molar-refractivity contribution >= 4 is 22.2 Å². The summed E-state index contributed by atoms with van der Waals surface area (Å²) in [5, 5.41) is 1.57. The van der Waals surface area contributed by atoms with Gasteiger partial charge in [0.1, 0.15) is 5.82 Å². The van der Waals surface area contributed by atoms with Gasteiger partial charge in [-0.25, -0.2) is 4.39 Å². The highest BCUT2D eigenvalue weighted by Gasteiger charge is 2.26. The topological polar surface area (TPSA) is 43.1 Å². The van der Waals surface area contributed by atoms with Crippen LogP contribution in [0.1, 0.15) is 15.9 Å². The summed E-state index contributed by atoms with van der Waals surface area (Å²) >= 11 is 0. The van der Waals surface area contributed by atoms with E-state index in [0.29, 0.717) is 11.1 Å². The molecule has 2 N–H and O–H groups in total. The highest BCUT2D eigenvalue weighted by atomic mass is 19.1. The Kier molecular flexibility index (Phi) is 1.44. The van der Waals surface area contributed by atoms with Crippen LogP contribution in [-0.2, 0) is 6.42 Å². The molecule has 0 atom stereocenters. The molecule has 0 saturated carbocycles. The first kappa shape index (κ1) is 8.41. The van der Waals surface area contributed by atoms with Gasteiger partial charge in [-0.05, 0) is 23.1 Å². The lowest BCUT2D eigenvalue weighted by molar-refractivity contribution is 0.0996. The Morgan fingerprint density at radius 1 is 1.20 bits per heavy atom. The van der Waals surface area contributed by atoms with Gasteiger partial charge in [0.05, 0.1) is 5.56 Å². The zero-order valence-electron chi connectivity index (χ0n) is 7.88. The largest absolute Gasteiger partial charge is 0.398 e. The summed E-state index contributed by atoms with van der Waals surface area (Å²) in [7, 11) is 0. The first-order valence-electron chi connectivity index (χ1n) is 4.71. The summed E-state index contributed by atoms with van der Waals surface area (Å²) in [6.45, 7) is 0. The highest BCUT2D eigenvalue weighted by Crippen LogP contribution is 2.35. The summed E-state index contributed by atoms with van der Waals surface area (Å²) in [5.74, 6) is -0.622. The van der Waals surface area contributed by atoms with Gasteiger partial charge in [0.25, 0.3) is 0 Å². The predicted molar refractivity (Wildman–Crippen MR) is 56.4 cm³/mol. The zero-order valence-corrected chi connectivity index (χ0v) is 7.88. The van der Waals surface area contributed by atoms with E-state index in [1.54, 1.807) is 12.1 Å². The van der Waals surface area contributed by atoms with Crippen molar-refractivity contribution in [2.75, 3.05) is 5.73 Å². The molecule has 0 radical (unpaired) electrons. The predicted octanol–water partition coefficient (Wildman–Crippen LogP) is 2.30. The minimum Gasteiger partial charge on any atom is -0.398 e. The van der Waals surface area contributed by atoms with Gasteiger partial charge in [0, 0.05) is 17.5 Å². The van der Waals surface area contributed by atoms with Crippen molar-refractivity contribution in [2.45, 2.75) is 6.42 Å². The highest BCUT2D eigenvalue weighted by molar-refractivity contribution is 6.17. The van der Waals surface area contributed by atoms with Gasteiger partial charge in [0.15, 0.2) is 5.78 Å². The van der Waals surface area contributed by atoms with Crippen molar-refractivity contribution in [1.82, 2.24) is 0 Å². The van der Waals surface area contributed by atoms with Crippen LogP contribution in [0.15, 0.2) is 24.3 Å². The first-order valence-corrected chi connectivity index (χ1v) is 4.71. The van der Waals surface area contributed by atoms with Gasteiger partial charge < -0.3 is 5.73 Å². The van der Waals surface area contributed by atoms with Crippen molar-refractivity contribution in [3.63, 3.8) is 0 Å². The maximum atomic E-state index is 13.5. The molecule has 15 heavy (non-hydrogen) atoms. The molecule has 1 aliphatic rings. The number of nitrogens with two attached hydrogens (primary N) is 1. The van der Waals surface area contributed by atoms with Crippen LogP contribution in [0, 0.1) is 5.82 Å². The van der Waals surface area contributed by atoms with Crippen LogP contribution in [0.25, 0.3) is 10.8 Å². The fourth-order valence-corrected chi connectivity index (χ4v) is 2.19. The van der Waals surface area contributed by atoms with Crippen molar-refractivity contribution in [1.29, 1.82) is 0 Å². The van der Waals surface area contributed by atoms with Crippen molar-refractivity contribution in [3.05, 3.63) is 41.2 Å². The van der Waals surface area contributed by atoms with Crippen LogP contribution < -0.4 is 5.73 Å². The second-order valence-electron chi connectivity index (χ2n) is 3.75. The second kappa shape index (κ2) is 2.57. The number of hydrogen-bond donors (Lipinski definition) is 1. The fourth-order valence-electron chi connectivity index (χ4n) is 2.19. The molecule has 0 saturated heterocycles. The Hall–Kier alpha value is -1.90. The Labute approximate surface area is 85.5 Å². The smallest absolute Gasteiger partial charge is 0.170 e. The molecule has 0 aliphatic heterocycles. The summed E-state index contributed by atoms with van der Waals surface area (Å²) in [6.07, 6.45) is 0.222. The molecule has 3 heteroatoms. The molecule has 0 aromatic heterocycles. The van der Waals surface area contributed by atoms with Crippen molar-refractivity contribution in [3.8, 4) is 0 Å². The van der Waals surface area contributed by atoms with Gasteiger partial charge in [-0.1, -0.05) is 12.1 Å². The van der Waals surface area contributed by atoms with Gasteiger partial charge >= 0.3 is 0 Å². The minimum atomic E-state index is -0.447. The van der Waals surface area contributed by atoms with E-state index in [-0.39, 0.29) is 17.8 Å². The molecule has 2 aromatic rings. The third kappa shape index (κ3) is 0.947. The van der Waals surface area contributed by atoms with Gasteiger partial charge in [-0.15, -0.1) is 0 Å². The third-order valence-corrected chi connectivity index (χ3v) is 2.90. The Morgan fingerprint density at radius 3 is 2.73 bits per heavy atom. The quantitative estimate of drug-likeness (QED) is 0.664. The number of anilines is 1. The molecule has 0 amide bonds. The van der Waals surface area contributed by atoms with Gasteiger partial charge in [-0.3, -0.25) is 4.79 Å². The molecular formula is C12H8FNO. The number of ketones is 1. The van der Waals surface area contributed by atoms with Crippen molar-refractivity contribution in [2.24, 2.45) is 0 Å². The number of hydrogen-bond acceptors (Lipinski definition) is 2. The molecule has 74 valence electrons. The van der Waals surface area contributed by atoms with Gasteiger partial charge in [0.2, 0.25) is 0 Å². The summed E-state index contributed by atoms with van der Waals surface area (Å²) in [6, 6.07) is 6.59. The lowest BCUT2D eigenvalue weighted by Crippen LogP contribution is -1.98. The monoisotopic (exact) mass is 201 g/mol. The van der Waals surface area contributed by atoms with E-state index in [4.69, 9.17) is 5.73 Å². The number of Topliss-reactive ketones (excluding diaryl/α,β-unsaturated/α-hetero) is 1. The number of benzene rings is 2. The van der Waals surface area contributed by atoms with Crippen LogP contribution in [-0.4, -0.2) is 5.78 Å². The molecular weight excluding hydrogens is 193 g/mol. The van der Waals surface area contributed by atoms with E-state index in [0.717, 1.165) is 10.9 Å². The molecule has 2 nitrogen and oxygen atoms in total. The lowest BCUT2D eigenvalue weighted by Gasteiger charge is -2.03. The number of carbonyl (C=O) groups is 1. The fraction of sp³-hybridized carbons (Fsp3) is 0.0833. The average molecular weight is 201 g/mol. The molecule has 0 heterocycles. The zero-order chi connectivity index (χ0) is 10.6. The summed E-state index contributed by atoms with van der Waals surface area (Å²) in [5.41, 5.74) is 7.31. The standard InChI is InChI=1S/C12H8FNO/c13-8-3-1-6-2-4-9(14)7-5-10(15)12(8)11(6)7/h1-4H,5,14H2. The van der Waals surface area contributed by atoms with E-state index in [9.17, 15) is 9.18 Å². The maximum Gasteiger partial charge on any atom is 0.170 e. The van der Waals surface area contributed by atoms with E-state index in [1.165, 1.54) is 6.07 Å². The lowest BCUT2D eigenvalue weighted by atomic mass is 10.0. The van der Waals surface area contributed by atoms with Crippen LogP contribution >= 0.6 is 0 Å². The molecule has 0 bridgehead atoms. The molecule has 2 aromatic carbocycles. The molecule has 3 rings (SSSR count). The molecule has 0 spiro atoms. The van der Waals surface area contributed by atoms with Crippen LogP contribution in [0.3, 0.4) is 0 Å². The van der Waals surface area contributed by atoms with Crippen LogP contribution in [0.5, 0.6) is 0 Å². The van der Waals surface area contributed by atoms with Crippen LogP contribution in [0.4, 0.5) is 10.1 Å². The van der Waals surface area contributed by atoms with Crippen molar-refractivity contribution < 1.29 is 9.18 Å². The average Bonchev–Trinajstić information content (AvgIpc) is 2.56. The van der Waals surface area contributed by atoms with E-state index >= 15 is 0 Å². The number of carbonyl (C=O) groups excluding carboxylic acids is 1. The second-order valence-corrected chi connectivity index (χ2v) is 3.75. The Morgan fingerprint density at radius 2 is 1.93 bits per heavy atom. The van der Waals surface area contributed by atoms with E-state index < -0.39 is 5.82 Å². The molecule has 1 aliphatic carbocycles. The maximum absolute atomic E-state index is 13.5. The van der Waals surface area contributed by atoms with E-state index in [1.807, 2.05) is 6.07 Å². The Balaban J connectivity index is 2.59. The molecule has 0 unspecified atom stereocenters. The normalized spacial score (nSPS) is 13.8. The van der Waals surface area contributed by atoms with E-state index in [2.05, 4.69) is 0 Å². The first-order chi connectivity index (χ1) is 7.18. The SMILES string of the molecule is Nc1ccc2ccc(F)c3c2c1CC3=O. The third-order valence-electron chi connectivity index (χ3n) is 2.90. The summed E-state index contributed by atoms with van der Waals surface area (Å²) in [4.78, 5) is 11.6. The number of halogens is 1. The Bertz CT molecular complexity index is 599. The van der Waals surface area contributed by atoms with Gasteiger partial charge in [-0.2, -0.15) is 0 Å². The number of nitrogen functional groups attached to an aromatic ring is 1.